The van der Waals surface area contributed by atoms with Gasteiger partial charge in [0.25, 0.3) is 11.6 Å². The Balaban J connectivity index is 1.41. The van der Waals surface area contributed by atoms with Gasteiger partial charge in [-0.05, 0) is 48.6 Å². The van der Waals surface area contributed by atoms with Crippen LogP contribution in [0.5, 0.6) is 5.75 Å². The molecule has 0 bridgehead atoms. The topological polar surface area (TPSA) is 119 Å². The first-order chi connectivity index (χ1) is 16.4. The molecule has 1 saturated heterocycles. The van der Waals surface area contributed by atoms with Crippen LogP contribution in [0.1, 0.15) is 10.4 Å². The summed E-state index contributed by atoms with van der Waals surface area (Å²) < 4.78 is 10.5. The van der Waals surface area contributed by atoms with Crippen LogP contribution in [0.15, 0.2) is 47.8 Å². The summed E-state index contributed by atoms with van der Waals surface area (Å²) in [6.45, 7) is 2.09. The summed E-state index contributed by atoms with van der Waals surface area (Å²) in [6, 6.07) is 11.9. The van der Waals surface area contributed by atoms with Gasteiger partial charge in [-0.1, -0.05) is 0 Å². The van der Waals surface area contributed by atoms with Gasteiger partial charge in [-0.2, -0.15) is 0 Å². The lowest BCUT2D eigenvalue weighted by atomic mass is 10.1. The number of anilines is 2. The molecule has 3 aromatic rings. The van der Waals surface area contributed by atoms with Gasteiger partial charge in [-0.15, -0.1) is 11.3 Å². The predicted molar refractivity (Wildman–Crippen MR) is 134 cm³/mol. The maximum Gasteiger partial charge on any atom is 0.293 e. The number of hydrogen-bond acceptors (Lipinski definition) is 9. The average Bonchev–Trinajstić information content (AvgIpc) is 3.32. The van der Waals surface area contributed by atoms with E-state index in [0.717, 1.165) is 17.0 Å². The molecule has 34 heavy (non-hydrogen) atoms. The van der Waals surface area contributed by atoms with Crippen LogP contribution in [0.25, 0.3) is 11.3 Å². The van der Waals surface area contributed by atoms with Gasteiger partial charge in [0.1, 0.15) is 11.4 Å². The van der Waals surface area contributed by atoms with Gasteiger partial charge < -0.3 is 19.7 Å². The number of carbonyl (C=O) groups excluding carboxylic acids is 1. The lowest BCUT2D eigenvalue weighted by molar-refractivity contribution is -0.384. The molecule has 0 atom stereocenters. The fourth-order valence-electron chi connectivity index (χ4n) is 3.41. The van der Waals surface area contributed by atoms with Gasteiger partial charge in [0, 0.05) is 35.7 Å². The van der Waals surface area contributed by atoms with E-state index >= 15 is 0 Å². The number of nitrogens with zero attached hydrogens (tertiary/aromatic N) is 3. The molecular weight excluding hydrogens is 478 g/mol. The Hall–Kier alpha value is -3.61. The van der Waals surface area contributed by atoms with Gasteiger partial charge >= 0.3 is 0 Å². The third-order valence-electron chi connectivity index (χ3n) is 5.12. The summed E-state index contributed by atoms with van der Waals surface area (Å²) in [5.41, 5.74) is 2.11. The Morgan fingerprint density at radius 2 is 1.97 bits per heavy atom. The first-order valence-corrected chi connectivity index (χ1v) is 11.6. The Morgan fingerprint density at radius 3 is 2.65 bits per heavy atom. The molecule has 0 saturated carbocycles. The van der Waals surface area contributed by atoms with Gasteiger partial charge in [0.2, 0.25) is 0 Å². The van der Waals surface area contributed by atoms with E-state index in [1.54, 1.807) is 19.2 Å². The number of thiocarbonyl (C=S) groups is 1. The molecule has 1 amide bonds. The molecule has 176 valence electrons. The molecule has 1 aliphatic heterocycles. The molecule has 2 heterocycles. The Labute approximate surface area is 204 Å². The van der Waals surface area contributed by atoms with Crippen molar-refractivity contribution in [2.45, 2.75) is 0 Å². The fraction of sp³-hybridized carbons (Fsp3) is 0.227. The zero-order valence-electron chi connectivity index (χ0n) is 18.1. The number of hydrogen-bond donors (Lipinski definition) is 2. The maximum absolute atomic E-state index is 12.7. The highest BCUT2D eigenvalue weighted by atomic mass is 32.1. The Kier molecular flexibility index (Phi) is 7.30. The van der Waals surface area contributed by atoms with Crippen molar-refractivity contribution in [3.63, 3.8) is 0 Å². The molecule has 10 nitrogen and oxygen atoms in total. The second-order valence-corrected chi connectivity index (χ2v) is 8.50. The molecule has 0 aliphatic carbocycles. The molecule has 1 aromatic heterocycles. The summed E-state index contributed by atoms with van der Waals surface area (Å²) in [4.78, 5) is 30.2. The summed E-state index contributed by atoms with van der Waals surface area (Å²) in [5.74, 6) is 0.195. The number of nitrogens with one attached hydrogen (secondary N) is 2. The number of methoxy groups -OCH3 is 1. The van der Waals surface area contributed by atoms with Crippen LogP contribution in [0.2, 0.25) is 0 Å². The number of thiazole rings is 1. The molecule has 2 aromatic carbocycles. The van der Waals surface area contributed by atoms with Crippen LogP contribution in [0, 0.1) is 10.1 Å². The van der Waals surface area contributed by atoms with Crippen molar-refractivity contribution in [3.8, 4) is 17.0 Å². The van der Waals surface area contributed by atoms with E-state index in [9.17, 15) is 14.9 Å². The van der Waals surface area contributed by atoms with Gasteiger partial charge in [-0.25, -0.2) is 4.98 Å². The van der Waals surface area contributed by atoms with Crippen LogP contribution in [0.3, 0.4) is 0 Å². The van der Waals surface area contributed by atoms with Crippen LogP contribution < -0.4 is 20.3 Å². The van der Waals surface area contributed by atoms with Crippen LogP contribution in [-0.4, -0.2) is 54.3 Å². The van der Waals surface area contributed by atoms with Gasteiger partial charge in [0.05, 0.1) is 30.9 Å². The fourth-order valence-corrected chi connectivity index (χ4v) is 4.39. The molecule has 0 unspecified atom stereocenters. The van der Waals surface area contributed by atoms with Crippen molar-refractivity contribution in [2.75, 3.05) is 43.6 Å². The Bertz CT molecular complexity index is 1210. The molecule has 1 aliphatic rings. The lowest BCUT2D eigenvalue weighted by Gasteiger charge is -2.28. The van der Waals surface area contributed by atoms with Crippen molar-refractivity contribution in [3.05, 3.63) is 63.5 Å². The van der Waals surface area contributed by atoms with E-state index in [0.29, 0.717) is 37.1 Å². The molecule has 12 heteroatoms. The highest BCUT2D eigenvalue weighted by molar-refractivity contribution is 7.80. The van der Waals surface area contributed by atoms with Crippen molar-refractivity contribution < 1.29 is 19.2 Å². The number of ether oxygens (including phenoxy) is 2. The predicted octanol–water partition coefficient (Wildman–Crippen LogP) is 3.69. The number of rotatable bonds is 6. The van der Waals surface area contributed by atoms with Crippen LogP contribution in [-0.2, 0) is 4.74 Å². The molecule has 4 rings (SSSR count). The monoisotopic (exact) mass is 499 g/mol. The third kappa shape index (κ3) is 5.47. The largest absolute Gasteiger partial charge is 0.497 e. The number of morpholine rings is 1. The molecule has 0 radical (unpaired) electrons. The SMILES string of the molecule is COc1ccc(-c2csc(NC(=S)NC(=O)c3ccc(N4CCOCC4)c([N+](=O)[O-])c3)n2)cc1. The maximum atomic E-state index is 12.7. The number of aromatic nitrogens is 1. The van der Waals surface area contributed by atoms with E-state index < -0.39 is 10.8 Å². The number of nitro groups is 1. The summed E-state index contributed by atoms with van der Waals surface area (Å²) in [5, 5.41) is 19.5. The minimum absolute atomic E-state index is 0.0422. The standard InChI is InChI=1S/C22H21N5O5S2/c1-31-16-5-2-14(3-6-16)17-13-34-22(23-17)25-21(33)24-20(28)15-4-7-18(19(12-15)27(29)30)26-8-10-32-11-9-26/h2-7,12-13H,8-11H2,1H3,(H2,23,24,25,28,33). The summed E-state index contributed by atoms with van der Waals surface area (Å²) in [6.07, 6.45) is 0. The van der Waals surface area contributed by atoms with Crippen molar-refractivity contribution >= 4 is 51.1 Å². The zero-order chi connectivity index (χ0) is 24.1. The van der Waals surface area contributed by atoms with Gasteiger partial charge in [0.15, 0.2) is 10.2 Å². The second-order valence-electron chi connectivity index (χ2n) is 7.23. The van der Waals surface area contributed by atoms with E-state index in [4.69, 9.17) is 21.7 Å². The first kappa shape index (κ1) is 23.5. The number of amides is 1. The van der Waals surface area contributed by atoms with E-state index in [2.05, 4.69) is 15.6 Å². The number of benzene rings is 2. The van der Waals surface area contributed by atoms with E-state index in [-0.39, 0.29) is 16.4 Å². The summed E-state index contributed by atoms with van der Waals surface area (Å²) in [7, 11) is 1.60. The smallest absolute Gasteiger partial charge is 0.293 e. The second kappa shape index (κ2) is 10.5. The average molecular weight is 500 g/mol. The number of nitro benzene ring substituents is 1. The molecule has 1 fully saturated rings. The zero-order valence-corrected chi connectivity index (χ0v) is 19.8. The van der Waals surface area contributed by atoms with Crippen molar-refractivity contribution in [1.82, 2.24) is 10.3 Å². The first-order valence-electron chi connectivity index (χ1n) is 10.3. The highest BCUT2D eigenvalue weighted by Crippen LogP contribution is 2.30. The minimum atomic E-state index is -0.555. The molecule has 2 N–H and O–H groups in total. The van der Waals surface area contributed by atoms with Gasteiger partial charge in [-0.3, -0.25) is 20.2 Å². The van der Waals surface area contributed by atoms with E-state index in [1.807, 2.05) is 34.5 Å². The van der Waals surface area contributed by atoms with Crippen LogP contribution in [0.4, 0.5) is 16.5 Å². The Morgan fingerprint density at radius 1 is 1.24 bits per heavy atom. The lowest BCUT2D eigenvalue weighted by Crippen LogP contribution is -2.37. The number of carbonyl (C=O) groups is 1. The summed E-state index contributed by atoms with van der Waals surface area (Å²) >= 11 is 6.57. The van der Waals surface area contributed by atoms with Crippen molar-refractivity contribution in [1.29, 1.82) is 0 Å². The highest BCUT2D eigenvalue weighted by Gasteiger charge is 2.23. The van der Waals surface area contributed by atoms with Crippen LogP contribution >= 0.6 is 23.6 Å². The third-order valence-corrected chi connectivity index (χ3v) is 6.09. The minimum Gasteiger partial charge on any atom is -0.497 e. The quantitative estimate of drug-likeness (QED) is 0.297. The normalized spacial score (nSPS) is 13.3. The van der Waals surface area contributed by atoms with E-state index in [1.165, 1.54) is 17.4 Å². The van der Waals surface area contributed by atoms with Crippen molar-refractivity contribution in [2.24, 2.45) is 0 Å². The molecular formula is C22H21N5O5S2. The molecule has 0 spiro atoms.